The van der Waals surface area contributed by atoms with Gasteiger partial charge in [-0.2, -0.15) is 0 Å². The summed E-state index contributed by atoms with van der Waals surface area (Å²) in [4.78, 5) is 35.4. The Labute approximate surface area is 178 Å². The molecule has 5 rings (SSSR count). The first-order valence-electron chi connectivity index (χ1n) is 10.4. The number of furan rings is 1. The fourth-order valence-corrected chi connectivity index (χ4v) is 5.37. The lowest BCUT2D eigenvalue weighted by atomic mass is 10.1. The Balaban J connectivity index is 1.34. The van der Waals surface area contributed by atoms with Crippen molar-refractivity contribution >= 4 is 39.1 Å². The van der Waals surface area contributed by atoms with Gasteiger partial charge in [-0.05, 0) is 49.4 Å². The van der Waals surface area contributed by atoms with Crippen molar-refractivity contribution in [2.24, 2.45) is 0 Å². The Kier molecular flexibility index (Phi) is 4.94. The maximum Gasteiger partial charge on any atom is 0.289 e. The van der Waals surface area contributed by atoms with E-state index in [-0.39, 0.29) is 11.8 Å². The molecule has 0 spiro atoms. The second-order valence-corrected chi connectivity index (χ2v) is 8.91. The van der Waals surface area contributed by atoms with Crippen molar-refractivity contribution in [3.63, 3.8) is 0 Å². The average Bonchev–Trinajstić information content (AvgIpc) is 3.34. The minimum absolute atomic E-state index is 0.0733. The van der Waals surface area contributed by atoms with Crippen LogP contribution in [0.5, 0.6) is 0 Å². The Morgan fingerprint density at radius 1 is 1.03 bits per heavy atom. The van der Waals surface area contributed by atoms with Gasteiger partial charge in [0.2, 0.25) is 0 Å². The number of hydrogen-bond donors (Lipinski definition) is 1. The number of thiophene rings is 1. The molecule has 3 aromatic heterocycles. The average molecular weight is 425 g/mol. The topological polar surface area (TPSA) is 92.7 Å². The van der Waals surface area contributed by atoms with Crippen molar-refractivity contribution in [1.82, 2.24) is 14.8 Å². The van der Waals surface area contributed by atoms with Crippen LogP contribution in [0.4, 0.5) is 5.69 Å². The van der Waals surface area contributed by atoms with Crippen molar-refractivity contribution in [2.45, 2.75) is 32.1 Å². The number of nitrogens with zero attached hydrogens (tertiary/aromatic N) is 3. The van der Waals surface area contributed by atoms with Gasteiger partial charge in [-0.1, -0.05) is 6.42 Å². The normalized spacial score (nSPS) is 17.1. The summed E-state index contributed by atoms with van der Waals surface area (Å²) < 4.78 is 5.20. The van der Waals surface area contributed by atoms with Crippen molar-refractivity contribution in [1.29, 1.82) is 0 Å². The number of carbonyl (C=O) groups is 2. The van der Waals surface area contributed by atoms with E-state index in [9.17, 15) is 9.59 Å². The molecule has 0 atom stereocenters. The Hall–Kier alpha value is -2.87. The van der Waals surface area contributed by atoms with Gasteiger partial charge in [-0.25, -0.2) is 4.98 Å². The smallest absolute Gasteiger partial charge is 0.289 e. The predicted molar refractivity (Wildman–Crippen MR) is 116 cm³/mol. The second-order valence-electron chi connectivity index (χ2n) is 7.91. The number of fused-ring (bicyclic) bond motifs is 2. The van der Waals surface area contributed by atoms with Gasteiger partial charge in [-0.3, -0.25) is 9.59 Å². The van der Waals surface area contributed by atoms with Gasteiger partial charge in [0.05, 0.1) is 12.0 Å². The lowest BCUT2D eigenvalue weighted by Gasteiger charge is -2.34. The summed E-state index contributed by atoms with van der Waals surface area (Å²) >= 11 is 1.39. The largest absolute Gasteiger partial charge is 0.459 e. The van der Waals surface area contributed by atoms with Crippen LogP contribution in [0.25, 0.3) is 10.2 Å². The van der Waals surface area contributed by atoms with E-state index in [4.69, 9.17) is 15.1 Å². The molecule has 8 heteroatoms. The van der Waals surface area contributed by atoms with E-state index < -0.39 is 0 Å². The highest BCUT2D eigenvalue weighted by molar-refractivity contribution is 7.21. The van der Waals surface area contributed by atoms with Crippen LogP contribution in [0, 0.1) is 0 Å². The third-order valence-electron chi connectivity index (χ3n) is 6.03. The van der Waals surface area contributed by atoms with Crippen LogP contribution in [0.2, 0.25) is 0 Å². The van der Waals surface area contributed by atoms with Crippen molar-refractivity contribution < 1.29 is 14.0 Å². The van der Waals surface area contributed by atoms with Crippen LogP contribution >= 0.6 is 11.3 Å². The molecule has 2 N–H and O–H groups in total. The fraction of sp³-hybridized carbons (Fsp3) is 0.409. The van der Waals surface area contributed by atoms with Crippen molar-refractivity contribution in [2.75, 3.05) is 31.9 Å². The number of carbonyl (C=O) groups excluding carboxylic acids is 2. The maximum absolute atomic E-state index is 13.2. The molecule has 4 heterocycles. The van der Waals surface area contributed by atoms with E-state index >= 15 is 0 Å². The molecule has 0 radical (unpaired) electrons. The van der Waals surface area contributed by atoms with Crippen LogP contribution < -0.4 is 5.73 Å². The number of amides is 2. The van der Waals surface area contributed by atoms with Crippen LogP contribution in [0.1, 0.15) is 50.7 Å². The number of anilines is 1. The molecule has 2 aliphatic rings. The molecule has 1 fully saturated rings. The molecule has 1 saturated heterocycles. The Morgan fingerprint density at radius 3 is 2.50 bits per heavy atom. The quantitative estimate of drug-likeness (QED) is 0.637. The molecule has 1 aliphatic carbocycles. The first-order valence-corrected chi connectivity index (χ1v) is 11.3. The van der Waals surface area contributed by atoms with Gasteiger partial charge in [0.25, 0.3) is 11.8 Å². The number of nitrogen functional groups attached to an aromatic ring is 1. The van der Waals surface area contributed by atoms with E-state index in [0.29, 0.717) is 42.5 Å². The number of piperazine rings is 1. The number of aryl methyl sites for hydroxylation is 2. The molecule has 0 saturated carbocycles. The van der Waals surface area contributed by atoms with Crippen LogP contribution in [-0.4, -0.2) is 52.8 Å². The molecule has 156 valence electrons. The highest BCUT2D eigenvalue weighted by atomic mass is 32.1. The number of pyridine rings is 1. The highest BCUT2D eigenvalue weighted by Gasteiger charge is 2.29. The van der Waals surface area contributed by atoms with Crippen LogP contribution in [0.3, 0.4) is 0 Å². The zero-order chi connectivity index (χ0) is 20.7. The van der Waals surface area contributed by atoms with Gasteiger partial charge in [0.15, 0.2) is 5.76 Å². The molecule has 3 aromatic rings. The summed E-state index contributed by atoms with van der Waals surface area (Å²) in [5, 5.41) is 0.899. The van der Waals surface area contributed by atoms with Gasteiger partial charge in [0.1, 0.15) is 9.71 Å². The van der Waals surface area contributed by atoms with Gasteiger partial charge < -0.3 is 20.0 Å². The minimum atomic E-state index is -0.140. The third-order valence-corrected chi connectivity index (χ3v) is 7.13. The zero-order valence-corrected chi connectivity index (χ0v) is 17.5. The number of rotatable bonds is 2. The summed E-state index contributed by atoms with van der Waals surface area (Å²) in [6, 6.07) is 5.50. The monoisotopic (exact) mass is 424 g/mol. The minimum Gasteiger partial charge on any atom is -0.459 e. The summed E-state index contributed by atoms with van der Waals surface area (Å²) in [6.45, 7) is 1.90. The summed E-state index contributed by atoms with van der Waals surface area (Å²) in [5.41, 5.74) is 9.37. The Morgan fingerprint density at radius 2 is 1.77 bits per heavy atom. The standard InChI is InChI=1S/C22H24N4O3S/c23-18-15-13-14-5-2-1-3-6-16(14)24-20(15)30-19(18)22(28)26-10-8-25(9-11-26)21(27)17-7-4-12-29-17/h4,7,12-13H,1-3,5-6,8-11,23H2. The second kappa shape index (κ2) is 7.75. The third kappa shape index (κ3) is 3.35. The van der Waals surface area contributed by atoms with Crippen LogP contribution in [-0.2, 0) is 12.8 Å². The van der Waals surface area contributed by atoms with E-state index in [0.717, 1.165) is 28.8 Å². The predicted octanol–water partition coefficient (Wildman–Crippen LogP) is 3.34. The van der Waals surface area contributed by atoms with E-state index in [2.05, 4.69) is 6.07 Å². The van der Waals surface area contributed by atoms with Gasteiger partial charge in [-0.15, -0.1) is 11.3 Å². The van der Waals surface area contributed by atoms with Crippen molar-refractivity contribution in [3.8, 4) is 0 Å². The summed E-state index contributed by atoms with van der Waals surface area (Å²) in [5.74, 6) is 0.115. The van der Waals surface area contributed by atoms with E-state index in [1.807, 2.05) is 0 Å². The zero-order valence-electron chi connectivity index (χ0n) is 16.7. The fourth-order valence-electron chi connectivity index (χ4n) is 4.31. The summed E-state index contributed by atoms with van der Waals surface area (Å²) in [6.07, 6.45) is 7.10. The van der Waals surface area contributed by atoms with Crippen molar-refractivity contribution in [3.05, 3.63) is 46.4 Å². The van der Waals surface area contributed by atoms with E-state index in [1.54, 1.807) is 21.9 Å². The maximum atomic E-state index is 13.2. The Bertz CT molecular complexity index is 1100. The molecule has 0 aromatic carbocycles. The highest BCUT2D eigenvalue weighted by Crippen LogP contribution is 2.36. The first kappa shape index (κ1) is 19.1. The number of nitrogens with two attached hydrogens (primary N) is 1. The lowest BCUT2D eigenvalue weighted by molar-refractivity contribution is 0.0521. The number of hydrogen-bond acceptors (Lipinski definition) is 6. The molecular weight excluding hydrogens is 400 g/mol. The van der Waals surface area contributed by atoms with Gasteiger partial charge in [0, 0.05) is 37.3 Å². The van der Waals surface area contributed by atoms with Gasteiger partial charge >= 0.3 is 0 Å². The molecular formula is C22H24N4O3S. The number of aromatic nitrogens is 1. The molecule has 2 amide bonds. The molecule has 0 unspecified atom stereocenters. The molecule has 7 nitrogen and oxygen atoms in total. The molecule has 30 heavy (non-hydrogen) atoms. The van der Waals surface area contributed by atoms with E-state index in [1.165, 1.54) is 42.4 Å². The lowest BCUT2D eigenvalue weighted by Crippen LogP contribution is -2.50. The summed E-state index contributed by atoms with van der Waals surface area (Å²) in [7, 11) is 0. The SMILES string of the molecule is Nc1c(C(=O)N2CCN(C(=O)c3ccco3)CC2)sc2nc3c(cc12)CCCCC3. The molecule has 0 bridgehead atoms. The van der Waals surface area contributed by atoms with Crippen LogP contribution in [0.15, 0.2) is 28.9 Å². The molecule has 1 aliphatic heterocycles. The first-order chi connectivity index (χ1) is 14.6.